The first-order chi connectivity index (χ1) is 23.3. The minimum atomic E-state index is -1.14. The molecule has 0 aromatic carbocycles. The average Bonchev–Trinajstić information content (AvgIpc) is 3.57. The first-order valence-electron chi connectivity index (χ1n) is 20.4. The molecule has 50 heavy (non-hydrogen) atoms. The Balaban J connectivity index is 1.16. The highest BCUT2D eigenvalue weighted by molar-refractivity contribution is 6.00. The highest BCUT2D eigenvalue weighted by atomic mass is 16.5. The molecule has 0 aromatic rings. The van der Waals surface area contributed by atoms with Crippen molar-refractivity contribution in [2.45, 2.75) is 176 Å². The quantitative estimate of drug-likeness (QED) is 0.208. The molecule has 10 atom stereocenters. The number of carbonyl (C=O) groups is 3. The minimum absolute atomic E-state index is 0.0394. The lowest BCUT2D eigenvalue weighted by atomic mass is 9.33. The van der Waals surface area contributed by atoms with E-state index in [4.69, 9.17) is 4.74 Å². The van der Waals surface area contributed by atoms with Crippen LogP contribution >= 0.6 is 0 Å². The summed E-state index contributed by atoms with van der Waals surface area (Å²) in [4.78, 5) is 38.9. The van der Waals surface area contributed by atoms with E-state index in [0.717, 1.165) is 63.4 Å². The summed E-state index contributed by atoms with van der Waals surface area (Å²) in [5.74, 6) is -0.0662. The minimum Gasteiger partial charge on any atom is -0.481 e. The summed E-state index contributed by atoms with van der Waals surface area (Å²) in [6.45, 7) is 18.2. The molecule has 7 aliphatic carbocycles. The second-order valence-electron chi connectivity index (χ2n) is 20.5. The van der Waals surface area contributed by atoms with Crippen molar-refractivity contribution in [1.82, 2.24) is 5.32 Å². The third-order valence-electron chi connectivity index (χ3n) is 17.7. The Morgan fingerprint density at radius 2 is 1.56 bits per heavy atom. The van der Waals surface area contributed by atoms with Gasteiger partial charge in [0.15, 0.2) is 5.78 Å². The molecule has 7 rings (SSSR count). The summed E-state index contributed by atoms with van der Waals surface area (Å²) in [6.07, 6.45) is 15.2. The number of ketones is 1. The number of hydrogen-bond donors (Lipinski definition) is 3. The van der Waals surface area contributed by atoms with Gasteiger partial charge in [-0.25, -0.2) is 0 Å². The summed E-state index contributed by atoms with van der Waals surface area (Å²) in [5.41, 5.74) is 1.13. The summed E-state index contributed by atoms with van der Waals surface area (Å²) in [5, 5.41) is 25.5. The molecule has 0 radical (unpaired) electrons. The van der Waals surface area contributed by atoms with E-state index in [0.29, 0.717) is 30.8 Å². The summed E-state index contributed by atoms with van der Waals surface area (Å²) < 4.78 is 6.20. The molecule has 0 heterocycles. The molecule has 280 valence electrons. The lowest BCUT2D eigenvalue weighted by Gasteiger charge is -2.71. The van der Waals surface area contributed by atoms with E-state index in [1.807, 2.05) is 0 Å². The van der Waals surface area contributed by atoms with Gasteiger partial charge < -0.3 is 20.3 Å². The fourth-order valence-corrected chi connectivity index (χ4v) is 14.5. The Bertz CT molecular complexity index is 1460. The molecule has 7 heteroatoms. The number of allylic oxidation sites excluding steroid dienone is 1. The Labute approximate surface area is 301 Å². The Morgan fingerprint density at radius 1 is 0.880 bits per heavy atom. The fraction of sp³-hybridized carbons (Fsp3) is 0.884. The smallest absolute Gasteiger partial charge is 0.309 e. The zero-order valence-electron chi connectivity index (χ0n) is 32.5. The van der Waals surface area contributed by atoms with Crippen molar-refractivity contribution < 1.29 is 29.3 Å². The molecule has 0 aliphatic heterocycles. The van der Waals surface area contributed by atoms with Gasteiger partial charge in [-0.2, -0.15) is 0 Å². The van der Waals surface area contributed by atoms with E-state index >= 15 is 0 Å². The summed E-state index contributed by atoms with van der Waals surface area (Å²) in [6, 6.07) is 0.478. The van der Waals surface area contributed by atoms with Crippen LogP contribution in [0.2, 0.25) is 0 Å². The van der Waals surface area contributed by atoms with Crippen LogP contribution in [0.1, 0.15) is 158 Å². The van der Waals surface area contributed by atoms with Crippen LogP contribution in [0.5, 0.6) is 0 Å². The normalized spacial score (nSPS) is 44.8. The number of fused-ring (bicyclic) bond motifs is 6. The number of aliphatic hydroxyl groups excluding tert-OH is 1. The Hall–Kier alpha value is -1.73. The molecule has 6 fully saturated rings. The SMILES string of the molecule is CC(C)C1=C2[C@H]3CC[C@@H]4[C@@]5(C)CC[C@H](OC(=O)CC(C)(C)C(=O)O)C6(C)C[C@]65CC[C@@]4(C)[C@]3(C)CCC2(C(O)CNC2CCCCC2)CC1=O. The number of rotatable bonds is 9. The van der Waals surface area contributed by atoms with E-state index in [1.165, 1.54) is 37.7 Å². The highest BCUT2D eigenvalue weighted by Gasteiger charge is 2.82. The number of nitrogens with one attached hydrogen (secondary N) is 1. The summed E-state index contributed by atoms with van der Waals surface area (Å²) >= 11 is 0. The maximum absolute atomic E-state index is 14.0. The zero-order valence-corrected chi connectivity index (χ0v) is 32.5. The molecule has 0 bridgehead atoms. The average molecular weight is 694 g/mol. The van der Waals surface area contributed by atoms with Gasteiger partial charge in [-0.15, -0.1) is 0 Å². The van der Waals surface area contributed by atoms with Crippen molar-refractivity contribution >= 4 is 17.7 Å². The number of aliphatic carboxylic acids is 1. The Morgan fingerprint density at radius 3 is 2.22 bits per heavy atom. The molecule has 0 amide bonds. The van der Waals surface area contributed by atoms with E-state index < -0.39 is 22.9 Å². The van der Waals surface area contributed by atoms with Gasteiger partial charge in [0, 0.05) is 29.8 Å². The molecule has 6 saturated carbocycles. The van der Waals surface area contributed by atoms with Crippen molar-refractivity contribution in [2.75, 3.05) is 6.54 Å². The van der Waals surface area contributed by atoms with Gasteiger partial charge in [0.1, 0.15) is 6.10 Å². The standard InChI is InChI=1S/C43H67NO6/c1-26(2)34-29(45)22-42(31(46)24-44-27-12-10-9-11-13-27)20-18-38(5)28(35(34)42)14-15-30-39(38,6)19-21-43-25-41(43,8)32(16-17-40(30,43)7)50-33(47)23-37(3,4)36(48)49/h26-28,30-32,44,46H,9-25H2,1-8H3,(H,48,49)/t28-,30+,31?,32+,38-,39-,40-,41?,42?,43+/m1/s1. The van der Waals surface area contributed by atoms with Crippen LogP contribution in [0.25, 0.3) is 0 Å². The second-order valence-corrected chi connectivity index (χ2v) is 20.5. The van der Waals surface area contributed by atoms with Crippen molar-refractivity contribution in [3.05, 3.63) is 11.1 Å². The van der Waals surface area contributed by atoms with E-state index in [1.54, 1.807) is 13.8 Å². The van der Waals surface area contributed by atoms with Crippen molar-refractivity contribution in [3.63, 3.8) is 0 Å². The number of Topliss-reactive ketones (excluding diaryl/α,β-unsaturated/α-hetero) is 1. The van der Waals surface area contributed by atoms with Crippen LogP contribution in [0.3, 0.4) is 0 Å². The lowest BCUT2D eigenvalue weighted by Crippen LogP contribution is -2.65. The third-order valence-corrected chi connectivity index (χ3v) is 17.7. The van der Waals surface area contributed by atoms with Crippen LogP contribution in [-0.2, 0) is 19.1 Å². The number of esters is 1. The lowest BCUT2D eigenvalue weighted by molar-refractivity contribution is -0.220. The number of carboxylic acid groups (broad SMARTS) is 1. The number of ether oxygens (including phenoxy) is 1. The predicted molar refractivity (Wildman–Crippen MR) is 194 cm³/mol. The van der Waals surface area contributed by atoms with Gasteiger partial charge in [0.05, 0.1) is 17.9 Å². The molecular weight excluding hydrogens is 626 g/mol. The van der Waals surface area contributed by atoms with Crippen molar-refractivity contribution in [2.24, 2.45) is 55.7 Å². The van der Waals surface area contributed by atoms with Crippen LogP contribution in [0, 0.1) is 55.7 Å². The molecule has 1 spiro atoms. The number of aliphatic hydroxyl groups is 1. The van der Waals surface area contributed by atoms with E-state index in [9.17, 15) is 24.6 Å². The number of hydrogen-bond acceptors (Lipinski definition) is 6. The summed E-state index contributed by atoms with van der Waals surface area (Å²) in [7, 11) is 0. The van der Waals surface area contributed by atoms with Gasteiger partial charge in [0.25, 0.3) is 0 Å². The number of carbonyl (C=O) groups excluding carboxylic acids is 2. The van der Waals surface area contributed by atoms with Gasteiger partial charge in [-0.3, -0.25) is 14.4 Å². The van der Waals surface area contributed by atoms with Gasteiger partial charge in [-0.05, 0) is 129 Å². The fourth-order valence-electron chi connectivity index (χ4n) is 14.5. The first kappa shape index (κ1) is 36.6. The number of carboxylic acids is 1. The van der Waals surface area contributed by atoms with Crippen molar-refractivity contribution in [3.8, 4) is 0 Å². The van der Waals surface area contributed by atoms with Crippen LogP contribution in [0.15, 0.2) is 11.1 Å². The maximum Gasteiger partial charge on any atom is 0.309 e. The first-order valence-corrected chi connectivity index (χ1v) is 20.4. The predicted octanol–water partition coefficient (Wildman–Crippen LogP) is 8.42. The molecular formula is C43H67NO6. The van der Waals surface area contributed by atoms with Gasteiger partial charge in [-0.1, -0.05) is 66.4 Å². The maximum atomic E-state index is 14.0. The van der Waals surface area contributed by atoms with Crippen LogP contribution in [0.4, 0.5) is 0 Å². The Kier molecular flexibility index (Phi) is 8.71. The molecule has 7 aliphatic rings. The van der Waals surface area contributed by atoms with E-state index in [2.05, 4.69) is 46.9 Å². The van der Waals surface area contributed by atoms with Gasteiger partial charge >= 0.3 is 11.9 Å². The van der Waals surface area contributed by atoms with Crippen LogP contribution < -0.4 is 5.32 Å². The third kappa shape index (κ3) is 4.89. The van der Waals surface area contributed by atoms with E-state index in [-0.39, 0.29) is 57.3 Å². The zero-order chi connectivity index (χ0) is 36.3. The highest BCUT2D eigenvalue weighted by Crippen LogP contribution is 2.87. The monoisotopic (exact) mass is 693 g/mol. The molecule has 3 unspecified atom stereocenters. The molecule has 3 N–H and O–H groups in total. The molecule has 7 nitrogen and oxygen atoms in total. The topological polar surface area (TPSA) is 113 Å². The second kappa shape index (κ2) is 11.9. The van der Waals surface area contributed by atoms with Crippen LogP contribution in [-0.4, -0.2) is 52.7 Å². The van der Waals surface area contributed by atoms with Gasteiger partial charge in [0.2, 0.25) is 0 Å². The van der Waals surface area contributed by atoms with Crippen molar-refractivity contribution in [1.29, 1.82) is 0 Å². The largest absolute Gasteiger partial charge is 0.481 e. The molecule has 0 saturated heterocycles. The molecule has 0 aromatic heterocycles.